The quantitative estimate of drug-likeness (QED) is 0.776. The van der Waals surface area contributed by atoms with Crippen molar-refractivity contribution in [3.8, 4) is 0 Å². The number of methoxy groups -OCH3 is 1. The molecule has 5 nitrogen and oxygen atoms in total. The van der Waals surface area contributed by atoms with E-state index in [4.69, 9.17) is 14.9 Å². The van der Waals surface area contributed by atoms with Gasteiger partial charge in [0.05, 0.1) is 13.7 Å². The molecule has 0 aromatic carbocycles. The van der Waals surface area contributed by atoms with Crippen molar-refractivity contribution in [1.82, 2.24) is 4.90 Å². The highest BCUT2D eigenvalue weighted by Crippen LogP contribution is 2.20. The number of hydrogen-bond acceptors (Lipinski definition) is 5. The molecule has 0 amide bonds. The molecule has 5 heteroatoms. The first-order chi connectivity index (χ1) is 9.32. The van der Waals surface area contributed by atoms with Crippen LogP contribution in [0.15, 0.2) is 10.5 Å². The molecule has 0 saturated heterocycles. The minimum atomic E-state index is -0.358. The number of esters is 1. The van der Waals surface area contributed by atoms with Gasteiger partial charge < -0.3 is 14.9 Å². The molecule has 20 heavy (non-hydrogen) atoms. The Morgan fingerprint density at radius 2 is 2.15 bits per heavy atom. The average Bonchev–Trinajstić information content (AvgIpc) is 2.77. The van der Waals surface area contributed by atoms with E-state index in [1.807, 2.05) is 0 Å². The van der Waals surface area contributed by atoms with Crippen molar-refractivity contribution >= 4 is 5.97 Å². The van der Waals surface area contributed by atoms with Crippen LogP contribution in [-0.4, -0.2) is 37.6 Å². The molecule has 1 heterocycles. The predicted octanol–water partition coefficient (Wildman–Crippen LogP) is 2.18. The average molecular weight is 282 g/mol. The van der Waals surface area contributed by atoms with Crippen molar-refractivity contribution in [2.75, 3.05) is 26.7 Å². The van der Waals surface area contributed by atoms with E-state index < -0.39 is 0 Å². The molecular weight excluding hydrogens is 256 g/mol. The largest absolute Gasteiger partial charge is 0.465 e. The summed E-state index contributed by atoms with van der Waals surface area (Å²) >= 11 is 0. The molecule has 0 atom stereocenters. The number of carbonyl (C=O) groups excluding carboxylic acids is 1. The first-order valence-corrected chi connectivity index (χ1v) is 6.93. The van der Waals surface area contributed by atoms with E-state index in [0.29, 0.717) is 24.4 Å². The van der Waals surface area contributed by atoms with Gasteiger partial charge in [0.2, 0.25) is 0 Å². The predicted molar refractivity (Wildman–Crippen MR) is 78.6 cm³/mol. The Balaban J connectivity index is 2.78. The van der Waals surface area contributed by atoms with Crippen LogP contribution in [0.4, 0.5) is 0 Å². The van der Waals surface area contributed by atoms with E-state index in [1.54, 1.807) is 13.0 Å². The second-order valence-electron chi connectivity index (χ2n) is 5.85. The lowest BCUT2D eigenvalue weighted by Gasteiger charge is -2.30. The fourth-order valence-corrected chi connectivity index (χ4v) is 2.10. The topological polar surface area (TPSA) is 68.7 Å². The molecule has 0 saturated carbocycles. The van der Waals surface area contributed by atoms with Crippen LogP contribution in [0.1, 0.15) is 42.6 Å². The van der Waals surface area contributed by atoms with Gasteiger partial charge >= 0.3 is 5.97 Å². The van der Waals surface area contributed by atoms with Gasteiger partial charge in [0.1, 0.15) is 17.1 Å². The Labute approximate surface area is 121 Å². The van der Waals surface area contributed by atoms with Crippen LogP contribution < -0.4 is 5.73 Å². The third kappa shape index (κ3) is 4.35. The zero-order valence-corrected chi connectivity index (χ0v) is 13.2. The lowest BCUT2D eigenvalue weighted by Crippen LogP contribution is -2.38. The number of aryl methyl sites for hydroxylation is 1. The molecule has 0 aliphatic carbocycles. The third-order valence-electron chi connectivity index (χ3n) is 3.40. The molecular formula is C15H26N2O3. The van der Waals surface area contributed by atoms with Crippen LogP contribution in [0.2, 0.25) is 0 Å². The molecule has 0 radical (unpaired) electrons. The zero-order valence-electron chi connectivity index (χ0n) is 13.2. The Bertz CT molecular complexity index is 452. The van der Waals surface area contributed by atoms with E-state index in [-0.39, 0.29) is 11.4 Å². The van der Waals surface area contributed by atoms with Gasteiger partial charge in [0.25, 0.3) is 0 Å². The number of carbonyl (C=O) groups is 1. The summed E-state index contributed by atoms with van der Waals surface area (Å²) in [5.74, 6) is 1.02. The molecule has 1 rings (SSSR count). The molecule has 0 unspecified atom stereocenters. The number of rotatable bonds is 7. The lowest BCUT2D eigenvalue weighted by molar-refractivity contribution is 0.0599. The molecule has 0 aliphatic heterocycles. The standard InChI is InChI=1S/C15H26N2O3/c1-6-17(10-15(3,4)9-16)8-12-7-13(11(2)20-12)14(18)19-5/h7H,6,8-10,16H2,1-5H3. The van der Waals surface area contributed by atoms with Crippen molar-refractivity contribution in [1.29, 1.82) is 0 Å². The summed E-state index contributed by atoms with van der Waals surface area (Å²) in [5, 5.41) is 0. The minimum absolute atomic E-state index is 0.0584. The van der Waals surface area contributed by atoms with Crippen molar-refractivity contribution in [3.63, 3.8) is 0 Å². The number of hydrogen-bond donors (Lipinski definition) is 1. The highest BCUT2D eigenvalue weighted by molar-refractivity contribution is 5.90. The van der Waals surface area contributed by atoms with Crippen LogP contribution in [0.25, 0.3) is 0 Å². The summed E-state index contributed by atoms with van der Waals surface area (Å²) in [6, 6.07) is 1.76. The van der Waals surface area contributed by atoms with Gasteiger partial charge in [0.15, 0.2) is 0 Å². The molecule has 2 N–H and O–H groups in total. The SMILES string of the molecule is CCN(Cc1cc(C(=O)OC)c(C)o1)CC(C)(C)CN. The first-order valence-electron chi connectivity index (χ1n) is 6.93. The minimum Gasteiger partial charge on any atom is -0.465 e. The van der Waals surface area contributed by atoms with Crippen LogP contribution in [-0.2, 0) is 11.3 Å². The Morgan fingerprint density at radius 1 is 1.50 bits per heavy atom. The molecule has 0 aliphatic rings. The number of nitrogens with zero attached hydrogens (tertiary/aromatic N) is 1. The van der Waals surface area contributed by atoms with Gasteiger partial charge in [-0.3, -0.25) is 4.90 Å². The molecule has 1 aromatic heterocycles. The highest BCUT2D eigenvalue weighted by Gasteiger charge is 2.21. The van der Waals surface area contributed by atoms with Gasteiger partial charge in [-0.15, -0.1) is 0 Å². The van der Waals surface area contributed by atoms with Gasteiger partial charge in [-0.05, 0) is 31.5 Å². The van der Waals surface area contributed by atoms with Crippen molar-refractivity contribution in [2.24, 2.45) is 11.1 Å². The van der Waals surface area contributed by atoms with Gasteiger partial charge in [-0.25, -0.2) is 4.79 Å². The summed E-state index contributed by atoms with van der Waals surface area (Å²) < 4.78 is 10.4. The number of ether oxygens (including phenoxy) is 1. The molecule has 1 aromatic rings. The van der Waals surface area contributed by atoms with Crippen molar-refractivity contribution in [3.05, 3.63) is 23.2 Å². The van der Waals surface area contributed by atoms with Gasteiger partial charge in [-0.2, -0.15) is 0 Å². The van der Waals surface area contributed by atoms with Gasteiger partial charge in [-0.1, -0.05) is 20.8 Å². The normalized spacial score (nSPS) is 11.9. The summed E-state index contributed by atoms with van der Waals surface area (Å²) in [7, 11) is 1.37. The Morgan fingerprint density at radius 3 is 2.65 bits per heavy atom. The number of furan rings is 1. The molecule has 0 fully saturated rings. The second-order valence-corrected chi connectivity index (χ2v) is 5.85. The highest BCUT2D eigenvalue weighted by atomic mass is 16.5. The summed E-state index contributed by atoms with van der Waals surface area (Å²) in [5.41, 5.74) is 6.33. The maximum atomic E-state index is 11.6. The maximum absolute atomic E-state index is 11.6. The van der Waals surface area contributed by atoms with Crippen molar-refractivity contribution in [2.45, 2.75) is 34.2 Å². The van der Waals surface area contributed by atoms with E-state index in [0.717, 1.165) is 18.8 Å². The zero-order chi connectivity index (χ0) is 15.3. The maximum Gasteiger partial charge on any atom is 0.341 e. The monoisotopic (exact) mass is 282 g/mol. The Hall–Kier alpha value is -1.33. The Kier molecular flexibility index (Phi) is 5.77. The first kappa shape index (κ1) is 16.7. The molecule has 0 spiro atoms. The van der Waals surface area contributed by atoms with Crippen LogP contribution >= 0.6 is 0 Å². The van der Waals surface area contributed by atoms with Crippen LogP contribution in [0.3, 0.4) is 0 Å². The third-order valence-corrected chi connectivity index (χ3v) is 3.40. The molecule has 114 valence electrons. The van der Waals surface area contributed by atoms with Gasteiger partial charge in [0, 0.05) is 6.54 Å². The summed E-state index contributed by atoms with van der Waals surface area (Å²) in [6.45, 7) is 11.2. The summed E-state index contributed by atoms with van der Waals surface area (Å²) in [6.07, 6.45) is 0. The number of nitrogens with two attached hydrogens (primary N) is 1. The van der Waals surface area contributed by atoms with Crippen molar-refractivity contribution < 1.29 is 13.9 Å². The fraction of sp³-hybridized carbons (Fsp3) is 0.667. The second kappa shape index (κ2) is 6.90. The smallest absolute Gasteiger partial charge is 0.341 e. The van der Waals surface area contributed by atoms with E-state index in [9.17, 15) is 4.79 Å². The van der Waals surface area contributed by atoms with Crippen LogP contribution in [0.5, 0.6) is 0 Å². The molecule has 0 bridgehead atoms. The van der Waals surface area contributed by atoms with E-state index in [2.05, 4.69) is 25.7 Å². The fourth-order valence-electron chi connectivity index (χ4n) is 2.10. The van der Waals surface area contributed by atoms with E-state index >= 15 is 0 Å². The van der Waals surface area contributed by atoms with Crippen LogP contribution in [0, 0.1) is 12.3 Å². The lowest BCUT2D eigenvalue weighted by atomic mass is 9.93. The summed E-state index contributed by atoms with van der Waals surface area (Å²) in [4.78, 5) is 13.8. The van der Waals surface area contributed by atoms with E-state index in [1.165, 1.54) is 7.11 Å².